The van der Waals surface area contributed by atoms with Crippen molar-refractivity contribution < 1.29 is 29.0 Å². The lowest BCUT2D eigenvalue weighted by atomic mass is 9.96. The van der Waals surface area contributed by atoms with Gasteiger partial charge >= 0.3 is 18.0 Å². The number of nitrogens with one attached hydrogen (secondary N) is 1. The van der Waals surface area contributed by atoms with Gasteiger partial charge in [-0.2, -0.15) is 0 Å². The number of hydrogen-bond acceptors (Lipinski definition) is 5. The molecule has 0 bridgehead atoms. The molecule has 0 aliphatic rings. The molecule has 0 spiro atoms. The van der Waals surface area contributed by atoms with Gasteiger partial charge in [-0.3, -0.25) is 9.59 Å². The fourth-order valence-corrected chi connectivity index (χ4v) is 1.94. The quantitative estimate of drug-likeness (QED) is 0.548. The number of carboxylic acid groups (broad SMARTS) is 1. The lowest BCUT2D eigenvalue weighted by molar-refractivity contribution is -0.155. The average Bonchev–Trinajstić information content (AvgIpc) is 2.51. The first kappa shape index (κ1) is 19.8. The molecule has 1 aromatic rings. The Morgan fingerprint density at radius 3 is 2.33 bits per heavy atom. The van der Waals surface area contributed by atoms with E-state index < -0.39 is 30.7 Å². The number of amides is 1. The first-order valence-corrected chi connectivity index (χ1v) is 7.72. The molecule has 0 aromatic heterocycles. The number of carbonyl (C=O) groups is 3. The zero-order valence-electron chi connectivity index (χ0n) is 13.5. The van der Waals surface area contributed by atoms with Crippen LogP contribution in [0.1, 0.15) is 31.7 Å². The zero-order valence-corrected chi connectivity index (χ0v) is 14.2. The highest BCUT2D eigenvalue weighted by Gasteiger charge is 2.17. The Morgan fingerprint density at radius 2 is 1.79 bits per heavy atom. The summed E-state index contributed by atoms with van der Waals surface area (Å²) in [6.45, 7) is 2.88. The molecule has 2 N–H and O–H groups in total. The monoisotopic (exact) mass is 357 g/mol. The largest absolute Gasteiger partial charge is 0.481 e. The summed E-state index contributed by atoms with van der Waals surface area (Å²) in [4.78, 5) is 33.8. The van der Waals surface area contributed by atoms with Gasteiger partial charge in [0.1, 0.15) is 0 Å². The SMILES string of the molecule is CC(C)C(=O)OCOC(=O)NC[C@H](CC(=O)O)c1ccc(Cl)cc1. The van der Waals surface area contributed by atoms with Crippen LogP contribution in [0.2, 0.25) is 5.02 Å². The number of alkyl carbamates (subject to hydrolysis) is 1. The van der Waals surface area contributed by atoms with E-state index >= 15 is 0 Å². The van der Waals surface area contributed by atoms with Crippen LogP contribution in [0, 0.1) is 5.92 Å². The van der Waals surface area contributed by atoms with Gasteiger partial charge < -0.3 is 19.9 Å². The molecule has 0 aliphatic carbocycles. The molecule has 0 saturated heterocycles. The summed E-state index contributed by atoms with van der Waals surface area (Å²) in [6, 6.07) is 6.70. The molecule has 1 atom stereocenters. The van der Waals surface area contributed by atoms with Gasteiger partial charge in [-0.25, -0.2) is 4.79 Å². The van der Waals surface area contributed by atoms with E-state index in [1.54, 1.807) is 38.1 Å². The molecule has 0 unspecified atom stereocenters. The number of carbonyl (C=O) groups excluding carboxylic acids is 2. The Hall–Kier alpha value is -2.28. The van der Waals surface area contributed by atoms with Crippen molar-refractivity contribution >= 4 is 29.6 Å². The van der Waals surface area contributed by atoms with Crippen LogP contribution < -0.4 is 5.32 Å². The summed E-state index contributed by atoms with van der Waals surface area (Å²) in [7, 11) is 0. The van der Waals surface area contributed by atoms with E-state index in [0.29, 0.717) is 5.02 Å². The van der Waals surface area contributed by atoms with E-state index in [9.17, 15) is 14.4 Å². The second kappa shape index (κ2) is 9.77. The molecule has 1 aromatic carbocycles. The number of rotatable bonds is 8. The van der Waals surface area contributed by atoms with Crippen LogP contribution in [0.25, 0.3) is 0 Å². The zero-order chi connectivity index (χ0) is 18.1. The van der Waals surface area contributed by atoms with E-state index in [1.165, 1.54) is 0 Å². The fraction of sp³-hybridized carbons (Fsp3) is 0.438. The molecule has 0 heterocycles. The van der Waals surface area contributed by atoms with Gasteiger partial charge in [0.15, 0.2) is 0 Å². The summed E-state index contributed by atoms with van der Waals surface area (Å²) in [6.07, 6.45) is -0.958. The average molecular weight is 358 g/mol. The van der Waals surface area contributed by atoms with Gasteiger partial charge in [0, 0.05) is 17.5 Å². The number of esters is 1. The van der Waals surface area contributed by atoms with Crippen molar-refractivity contribution in [1.82, 2.24) is 5.32 Å². The fourth-order valence-electron chi connectivity index (χ4n) is 1.82. The molecule has 1 rings (SSSR count). The molecular weight excluding hydrogens is 338 g/mol. The van der Waals surface area contributed by atoms with E-state index in [2.05, 4.69) is 5.32 Å². The minimum absolute atomic E-state index is 0.0604. The number of hydrogen-bond donors (Lipinski definition) is 2. The van der Waals surface area contributed by atoms with Crippen LogP contribution >= 0.6 is 11.6 Å². The standard InChI is InChI=1S/C16H20ClNO6/c1-10(2)15(21)23-9-24-16(22)18-8-12(7-14(19)20)11-3-5-13(17)6-4-11/h3-6,10,12H,7-9H2,1-2H3,(H,18,22)(H,19,20)/t12-/m0/s1. The maximum absolute atomic E-state index is 11.6. The summed E-state index contributed by atoms with van der Waals surface area (Å²) in [5, 5.41) is 12.0. The van der Waals surface area contributed by atoms with Gasteiger partial charge in [0.25, 0.3) is 0 Å². The Morgan fingerprint density at radius 1 is 1.17 bits per heavy atom. The van der Waals surface area contributed by atoms with Gasteiger partial charge in [-0.05, 0) is 17.7 Å². The highest BCUT2D eigenvalue weighted by atomic mass is 35.5. The molecule has 0 fully saturated rings. The van der Waals surface area contributed by atoms with Crippen LogP contribution in [0.3, 0.4) is 0 Å². The van der Waals surface area contributed by atoms with Gasteiger partial charge in [0.2, 0.25) is 6.79 Å². The number of carboxylic acids is 1. The topological polar surface area (TPSA) is 102 Å². The first-order chi connectivity index (χ1) is 11.3. The maximum atomic E-state index is 11.6. The van der Waals surface area contributed by atoms with Gasteiger partial charge in [0.05, 0.1) is 12.3 Å². The number of aliphatic carboxylic acids is 1. The summed E-state index contributed by atoms with van der Waals surface area (Å²) in [5.74, 6) is -2.23. The molecule has 1 amide bonds. The van der Waals surface area contributed by atoms with E-state index in [-0.39, 0.29) is 18.9 Å². The summed E-state index contributed by atoms with van der Waals surface area (Å²) >= 11 is 5.81. The van der Waals surface area contributed by atoms with Crippen molar-refractivity contribution in [3.05, 3.63) is 34.9 Å². The van der Waals surface area contributed by atoms with Crippen LogP contribution in [-0.4, -0.2) is 36.5 Å². The van der Waals surface area contributed by atoms with E-state index in [4.69, 9.17) is 26.2 Å². The normalized spacial score (nSPS) is 11.7. The van der Waals surface area contributed by atoms with Crippen LogP contribution in [0.5, 0.6) is 0 Å². The van der Waals surface area contributed by atoms with Crippen molar-refractivity contribution in [3.8, 4) is 0 Å². The van der Waals surface area contributed by atoms with Gasteiger partial charge in [-0.1, -0.05) is 37.6 Å². The van der Waals surface area contributed by atoms with Crippen LogP contribution in [-0.2, 0) is 19.1 Å². The molecule has 132 valence electrons. The van der Waals surface area contributed by atoms with Crippen LogP contribution in [0.15, 0.2) is 24.3 Å². The summed E-state index contributed by atoms with van der Waals surface area (Å²) < 4.78 is 9.42. The molecule has 0 radical (unpaired) electrons. The van der Waals surface area contributed by atoms with Crippen molar-refractivity contribution in [1.29, 1.82) is 0 Å². The second-order valence-electron chi connectivity index (χ2n) is 5.39. The molecule has 7 nitrogen and oxygen atoms in total. The van der Waals surface area contributed by atoms with E-state index in [0.717, 1.165) is 5.56 Å². The Kier molecular flexibility index (Phi) is 8.05. The molecule has 0 aliphatic heterocycles. The van der Waals surface area contributed by atoms with Crippen molar-refractivity contribution in [2.45, 2.75) is 26.2 Å². The number of benzene rings is 1. The van der Waals surface area contributed by atoms with Crippen molar-refractivity contribution in [3.63, 3.8) is 0 Å². The smallest absolute Gasteiger partial charge is 0.410 e. The Labute approximate surface area is 144 Å². The van der Waals surface area contributed by atoms with E-state index in [1.807, 2.05) is 0 Å². The lowest BCUT2D eigenvalue weighted by Gasteiger charge is -2.16. The highest BCUT2D eigenvalue weighted by Crippen LogP contribution is 2.21. The lowest BCUT2D eigenvalue weighted by Crippen LogP contribution is -2.31. The van der Waals surface area contributed by atoms with Crippen LogP contribution in [0.4, 0.5) is 4.79 Å². The third-order valence-corrected chi connectivity index (χ3v) is 3.37. The predicted octanol–water partition coefficient (Wildman–Crippen LogP) is 2.78. The minimum atomic E-state index is -0.990. The Balaban J connectivity index is 2.49. The first-order valence-electron chi connectivity index (χ1n) is 7.34. The predicted molar refractivity (Wildman–Crippen MR) is 86.7 cm³/mol. The third kappa shape index (κ3) is 7.32. The van der Waals surface area contributed by atoms with Gasteiger partial charge in [-0.15, -0.1) is 0 Å². The minimum Gasteiger partial charge on any atom is -0.481 e. The third-order valence-electron chi connectivity index (χ3n) is 3.12. The molecular formula is C16H20ClNO6. The molecule has 24 heavy (non-hydrogen) atoms. The Bertz CT molecular complexity index is 572. The number of halogens is 1. The molecule has 8 heteroatoms. The summed E-state index contributed by atoms with van der Waals surface area (Å²) in [5.41, 5.74) is 0.730. The maximum Gasteiger partial charge on any atom is 0.410 e. The van der Waals surface area contributed by atoms with Crippen molar-refractivity contribution in [2.24, 2.45) is 5.92 Å². The second-order valence-corrected chi connectivity index (χ2v) is 5.83. The number of ether oxygens (including phenoxy) is 2. The molecule has 0 saturated carbocycles. The highest BCUT2D eigenvalue weighted by molar-refractivity contribution is 6.30. The van der Waals surface area contributed by atoms with Crippen molar-refractivity contribution in [2.75, 3.05) is 13.3 Å².